The van der Waals surface area contributed by atoms with Gasteiger partial charge < -0.3 is 10.4 Å². The Morgan fingerprint density at radius 2 is 2.17 bits per heavy atom. The number of amides is 1. The van der Waals surface area contributed by atoms with Gasteiger partial charge in [-0.3, -0.25) is 9.69 Å². The standard InChI is InChI=1S/C18H28N2O2S/c1-18(22,14-23-2)13-19-17(21)16-9-6-10-20(12-16)11-15-7-4-3-5-8-15/h3-5,7-8,16,22H,6,9-14H2,1-2H3,(H,19,21)/t16-,18+/m1/s1. The molecule has 1 aliphatic heterocycles. The van der Waals surface area contributed by atoms with E-state index in [1.54, 1.807) is 18.7 Å². The number of thioether (sulfide) groups is 1. The molecule has 0 radical (unpaired) electrons. The predicted octanol–water partition coefficient (Wildman–Crippen LogP) is 2.13. The fraction of sp³-hybridized carbons (Fsp3) is 0.611. The second kappa shape index (κ2) is 8.71. The van der Waals surface area contributed by atoms with Crippen LogP contribution >= 0.6 is 11.8 Å². The summed E-state index contributed by atoms with van der Waals surface area (Å²) in [6.07, 6.45) is 3.94. The summed E-state index contributed by atoms with van der Waals surface area (Å²) in [5.74, 6) is 0.722. The van der Waals surface area contributed by atoms with Gasteiger partial charge in [-0.1, -0.05) is 30.3 Å². The largest absolute Gasteiger partial charge is 0.387 e. The fourth-order valence-corrected chi connectivity index (χ4v) is 3.76. The highest BCUT2D eigenvalue weighted by molar-refractivity contribution is 7.98. The van der Waals surface area contributed by atoms with E-state index in [4.69, 9.17) is 0 Å². The van der Waals surface area contributed by atoms with Crippen molar-refractivity contribution >= 4 is 17.7 Å². The molecule has 1 aromatic rings. The number of benzene rings is 1. The van der Waals surface area contributed by atoms with Crippen molar-refractivity contribution in [2.45, 2.75) is 31.9 Å². The lowest BCUT2D eigenvalue weighted by Gasteiger charge is -2.32. The van der Waals surface area contributed by atoms with Gasteiger partial charge in [0.25, 0.3) is 0 Å². The van der Waals surface area contributed by atoms with Crippen LogP contribution < -0.4 is 5.32 Å². The summed E-state index contributed by atoms with van der Waals surface area (Å²) in [6, 6.07) is 10.4. The molecule has 1 aliphatic rings. The van der Waals surface area contributed by atoms with Gasteiger partial charge in [-0.25, -0.2) is 0 Å². The molecule has 1 fully saturated rings. The molecule has 1 saturated heterocycles. The highest BCUT2D eigenvalue weighted by atomic mass is 32.2. The lowest BCUT2D eigenvalue weighted by atomic mass is 9.96. The van der Waals surface area contributed by atoms with Crippen molar-refractivity contribution in [1.82, 2.24) is 10.2 Å². The molecule has 0 bridgehead atoms. The fourth-order valence-electron chi connectivity index (χ4n) is 3.04. The first-order chi connectivity index (χ1) is 11.0. The molecule has 4 nitrogen and oxygen atoms in total. The number of rotatable bonds is 7. The van der Waals surface area contributed by atoms with Crippen molar-refractivity contribution in [2.75, 3.05) is 31.6 Å². The third kappa shape index (κ3) is 6.16. The number of aliphatic hydroxyl groups is 1. The van der Waals surface area contributed by atoms with Crippen LogP contribution in [-0.4, -0.2) is 53.2 Å². The average molecular weight is 337 g/mol. The molecule has 0 aromatic heterocycles. The smallest absolute Gasteiger partial charge is 0.224 e. The van der Waals surface area contributed by atoms with Gasteiger partial charge in [0.15, 0.2) is 0 Å². The second-order valence-electron chi connectivity index (χ2n) is 6.71. The van der Waals surface area contributed by atoms with E-state index in [-0.39, 0.29) is 11.8 Å². The third-order valence-corrected chi connectivity index (χ3v) is 5.13. The van der Waals surface area contributed by atoms with Gasteiger partial charge in [-0.15, -0.1) is 0 Å². The van der Waals surface area contributed by atoms with Crippen LogP contribution in [0.1, 0.15) is 25.3 Å². The van der Waals surface area contributed by atoms with Gasteiger partial charge in [0.2, 0.25) is 5.91 Å². The number of hydrogen-bond donors (Lipinski definition) is 2. The number of nitrogens with zero attached hydrogens (tertiary/aromatic N) is 1. The Hall–Kier alpha value is -1.04. The van der Waals surface area contributed by atoms with Crippen molar-refractivity contribution < 1.29 is 9.90 Å². The molecule has 2 atom stereocenters. The summed E-state index contributed by atoms with van der Waals surface area (Å²) in [4.78, 5) is 14.7. The Balaban J connectivity index is 1.82. The Morgan fingerprint density at radius 1 is 1.43 bits per heavy atom. The monoisotopic (exact) mass is 336 g/mol. The summed E-state index contributed by atoms with van der Waals surface area (Å²) in [6.45, 7) is 4.83. The van der Waals surface area contributed by atoms with Crippen LogP contribution in [0.3, 0.4) is 0 Å². The first-order valence-corrected chi connectivity index (χ1v) is 9.65. The maximum Gasteiger partial charge on any atom is 0.224 e. The molecule has 1 heterocycles. The van der Waals surface area contributed by atoms with Gasteiger partial charge in [0.05, 0.1) is 11.5 Å². The van der Waals surface area contributed by atoms with Crippen LogP contribution in [0.4, 0.5) is 0 Å². The van der Waals surface area contributed by atoms with Gasteiger partial charge >= 0.3 is 0 Å². The zero-order chi connectivity index (χ0) is 16.7. The summed E-state index contributed by atoms with van der Waals surface area (Å²) in [7, 11) is 0. The van der Waals surface area contributed by atoms with E-state index in [2.05, 4.69) is 34.5 Å². The molecule has 23 heavy (non-hydrogen) atoms. The van der Waals surface area contributed by atoms with Crippen molar-refractivity contribution in [2.24, 2.45) is 5.92 Å². The first kappa shape index (κ1) is 18.3. The molecule has 0 saturated carbocycles. The first-order valence-electron chi connectivity index (χ1n) is 8.25. The Labute approximate surface area is 143 Å². The molecule has 0 aliphatic carbocycles. The van der Waals surface area contributed by atoms with Crippen molar-refractivity contribution in [3.63, 3.8) is 0 Å². The average Bonchev–Trinajstić information content (AvgIpc) is 2.54. The molecule has 2 N–H and O–H groups in total. The minimum absolute atomic E-state index is 0.0255. The summed E-state index contributed by atoms with van der Waals surface area (Å²) in [5, 5.41) is 13.1. The Morgan fingerprint density at radius 3 is 2.87 bits per heavy atom. The van der Waals surface area contributed by atoms with E-state index in [9.17, 15) is 9.90 Å². The zero-order valence-corrected chi connectivity index (χ0v) is 14.9. The van der Waals surface area contributed by atoms with Crippen LogP contribution in [0.5, 0.6) is 0 Å². The molecule has 5 heteroatoms. The van der Waals surface area contributed by atoms with Crippen LogP contribution in [0.15, 0.2) is 30.3 Å². The van der Waals surface area contributed by atoms with Crippen LogP contribution in [0.2, 0.25) is 0 Å². The van der Waals surface area contributed by atoms with Crippen molar-refractivity contribution in [3.05, 3.63) is 35.9 Å². The number of nitrogens with one attached hydrogen (secondary N) is 1. The molecular weight excluding hydrogens is 308 g/mol. The molecule has 2 rings (SSSR count). The maximum absolute atomic E-state index is 12.4. The van der Waals surface area contributed by atoms with E-state index in [0.717, 1.165) is 32.5 Å². The van der Waals surface area contributed by atoms with Crippen molar-refractivity contribution in [3.8, 4) is 0 Å². The summed E-state index contributed by atoms with van der Waals surface area (Å²) >= 11 is 1.59. The van der Waals surface area contributed by atoms with Gasteiger partial charge in [-0.2, -0.15) is 11.8 Å². The topological polar surface area (TPSA) is 52.6 Å². The van der Waals surface area contributed by atoms with Crippen molar-refractivity contribution in [1.29, 1.82) is 0 Å². The minimum atomic E-state index is -0.840. The van der Waals surface area contributed by atoms with E-state index in [1.807, 2.05) is 12.3 Å². The number of piperidine rings is 1. The summed E-state index contributed by atoms with van der Waals surface area (Å²) in [5.41, 5.74) is 0.449. The summed E-state index contributed by atoms with van der Waals surface area (Å²) < 4.78 is 0. The van der Waals surface area contributed by atoms with Crippen LogP contribution in [0.25, 0.3) is 0 Å². The molecule has 0 unspecified atom stereocenters. The second-order valence-corrected chi connectivity index (χ2v) is 7.57. The molecule has 0 spiro atoms. The highest BCUT2D eigenvalue weighted by Crippen LogP contribution is 2.19. The highest BCUT2D eigenvalue weighted by Gasteiger charge is 2.27. The predicted molar refractivity (Wildman–Crippen MR) is 96.5 cm³/mol. The lowest BCUT2D eigenvalue weighted by Crippen LogP contribution is -2.47. The lowest BCUT2D eigenvalue weighted by molar-refractivity contribution is -0.127. The van der Waals surface area contributed by atoms with E-state index < -0.39 is 5.60 Å². The van der Waals surface area contributed by atoms with Gasteiger partial charge in [0.1, 0.15) is 0 Å². The van der Waals surface area contributed by atoms with E-state index >= 15 is 0 Å². The number of likely N-dealkylation sites (tertiary alicyclic amines) is 1. The number of carbonyl (C=O) groups excluding carboxylic acids is 1. The zero-order valence-electron chi connectivity index (χ0n) is 14.1. The van der Waals surface area contributed by atoms with E-state index in [1.165, 1.54) is 5.56 Å². The number of hydrogen-bond acceptors (Lipinski definition) is 4. The SMILES string of the molecule is CSC[C@@](C)(O)CNC(=O)[C@@H]1CCCN(Cc2ccccc2)C1. The molecule has 128 valence electrons. The Bertz CT molecular complexity index is 493. The molecule has 1 amide bonds. The normalized spacial score (nSPS) is 21.6. The maximum atomic E-state index is 12.4. The quantitative estimate of drug-likeness (QED) is 0.801. The molecule has 1 aromatic carbocycles. The van der Waals surface area contributed by atoms with Gasteiger partial charge in [-0.05, 0) is 38.1 Å². The molecular formula is C18H28N2O2S. The minimum Gasteiger partial charge on any atom is -0.387 e. The Kier molecular flexibility index (Phi) is 6.93. The van der Waals surface area contributed by atoms with Crippen LogP contribution in [-0.2, 0) is 11.3 Å². The van der Waals surface area contributed by atoms with Crippen LogP contribution in [0, 0.1) is 5.92 Å². The number of carbonyl (C=O) groups is 1. The third-order valence-electron chi connectivity index (χ3n) is 4.22. The van der Waals surface area contributed by atoms with E-state index in [0.29, 0.717) is 12.3 Å². The van der Waals surface area contributed by atoms with Gasteiger partial charge in [0, 0.05) is 25.4 Å².